The van der Waals surface area contributed by atoms with Crippen molar-refractivity contribution in [3.05, 3.63) is 30.2 Å². The van der Waals surface area contributed by atoms with Gasteiger partial charge in [-0.15, -0.1) is 0 Å². The van der Waals surface area contributed by atoms with E-state index in [2.05, 4.69) is 35.5 Å². The summed E-state index contributed by atoms with van der Waals surface area (Å²) < 4.78 is 69.2. The molecule has 1 aliphatic heterocycles. The van der Waals surface area contributed by atoms with Gasteiger partial charge < -0.3 is 24.8 Å². The molecule has 3 atom stereocenters. The predicted octanol–water partition coefficient (Wildman–Crippen LogP) is 3.19. The fourth-order valence-corrected chi connectivity index (χ4v) is 4.83. The molecule has 3 aromatic heterocycles. The number of nitrogens with one attached hydrogen (secondary N) is 3. The molecule has 3 N–H and O–H groups in total. The second kappa shape index (κ2) is 8.21. The van der Waals surface area contributed by atoms with Crippen molar-refractivity contribution in [3.63, 3.8) is 0 Å². The zero-order valence-electron chi connectivity index (χ0n) is 18.6. The lowest BCUT2D eigenvalue weighted by atomic mass is 9.50. The first-order valence-electron chi connectivity index (χ1n) is 11.3. The SMILES string of the molecule is O=C(NC12CC(C1)C2)O[C@H]1CO[C@@H](c2cc(Nc3nccc4nc(OCC(F)(F)F)cn34)n[nH]2)[C@H]1F. The lowest BCUT2D eigenvalue weighted by Gasteiger charge is -2.61. The molecule has 1 saturated heterocycles. The molecule has 3 aromatic rings. The maximum absolute atomic E-state index is 15.0. The monoisotopic (exact) mass is 511 g/mol. The van der Waals surface area contributed by atoms with Gasteiger partial charge in [-0.3, -0.25) is 9.50 Å². The van der Waals surface area contributed by atoms with Crippen LogP contribution in [0.5, 0.6) is 5.88 Å². The molecule has 0 spiro atoms. The third-order valence-corrected chi connectivity index (χ3v) is 6.64. The molecule has 0 radical (unpaired) electrons. The van der Waals surface area contributed by atoms with Gasteiger partial charge in [0.2, 0.25) is 11.8 Å². The molecule has 3 aliphatic carbocycles. The third-order valence-electron chi connectivity index (χ3n) is 6.64. The molecule has 0 aromatic carbocycles. The van der Waals surface area contributed by atoms with Crippen LogP contribution in [-0.2, 0) is 9.47 Å². The van der Waals surface area contributed by atoms with Crippen LogP contribution >= 0.6 is 0 Å². The second-order valence-corrected chi connectivity index (χ2v) is 9.34. The highest BCUT2D eigenvalue weighted by Crippen LogP contribution is 2.57. The Hall–Kier alpha value is -3.62. The van der Waals surface area contributed by atoms with Crippen molar-refractivity contribution in [2.75, 3.05) is 18.5 Å². The standard InChI is InChI=1S/C21H21F4N7O4/c22-16-12(36-19(33)29-20-4-10(5-20)6-20)8-34-17(16)11-3-13(31-30-11)27-18-26-2-1-14-28-15(7-32(14)18)35-9-21(23,24)25/h1-3,7,10,12,16-17H,4-6,8-9H2,(H,29,33)(H2,26,27,30,31)/t10?,12-,16-,17-,20?/m0/s1. The molecule has 4 fully saturated rings. The molecule has 11 nitrogen and oxygen atoms in total. The van der Waals surface area contributed by atoms with Crippen LogP contribution < -0.4 is 15.4 Å². The second-order valence-electron chi connectivity index (χ2n) is 9.34. The smallest absolute Gasteiger partial charge is 0.422 e. The highest BCUT2D eigenvalue weighted by Gasteiger charge is 2.58. The number of aromatic amines is 1. The van der Waals surface area contributed by atoms with Crippen LogP contribution in [-0.4, -0.2) is 67.9 Å². The number of anilines is 2. The van der Waals surface area contributed by atoms with Crippen LogP contribution in [0.15, 0.2) is 24.5 Å². The molecule has 2 bridgehead atoms. The van der Waals surface area contributed by atoms with E-state index in [1.165, 1.54) is 28.9 Å². The number of aromatic nitrogens is 5. The number of fused-ring (bicyclic) bond motifs is 1. The highest BCUT2D eigenvalue weighted by atomic mass is 19.4. The minimum absolute atomic E-state index is 0.104. The Balaban J connectivity index is 1.09. The molecule has 15 heteroatoms. The zero-order valence-corrected chi connectivity index (χ0v) is 18.6. The van der Waals surface area contributed by atoms with Gasteiger partial charge in [0.05, 0.1) is 18.5 Å². The van der Waals surface area contributed by atoms with Gasteiger partial charge in [-0.05, 0) is 31.2 Å². The summed E-state index contributed by atoms with van der Waals surface area (Å²) in [6.45, 7) is -1.58. The average Bonchev–Trinajstić information content (AvgIpc) is 3.48. The molecule has 7 rings (SSSR count). The van der Waals surface area contributed by atoms with Crippen LogP contribution in [0.2, 0.25) is 0 Å². The number of halogens is 4. The van der Waals surface area contributed by atoms with Gasteiger partial charge in [-0.2, -0.15) is 23.3 Å². The van der Waals surface area contributed by atoms with Crippen LogP contribution in [0.1, 0.15) is 31.1 Å². The Morgan fingerprint density at radius 2 is 2.14 bits per heavy atom. The van der Waals surface area contributed by atoms with Gasteiger partial charge in [0.15, 0.2) is 24.7 Å². The van der Waals surface area contributed by atoms with Crippen molar-refractivity contribution in [2.24, 2.45) is 5.92 Å². The summed E-state index contributed by atoms with van der Waals surface area (Å²) in [5.74, 6) is 0.894. The van der Waals surface area contributed by atoms with Crippen LogP contribution in [0.3, 0.4) is 0 Å². The summed E-state index contributed by atoms with van der Waals surface area (Å²) in [7, 11) is 0. The number of carbonyl (C=O) groups excluding carboxylic acids is 1. The van der Waals surface area contributed by atoms with Gasteiger partial charge in [-0.25, -0.2) is 14.2 Å². The maximum atomic E-state index is 15.0. The number of hydrogen-bond acceptors (Lipinski definition) is 8. The first-order chi connectivity index (χ1) is 17.2. The molecule has 0 unspecified atom stereocenters. The Bertz CT molecular complexity index is 1280. The van der Waals surface area contributed by atoms with Gasteiger partial charge in [0.1, 0.15) is 11.8 Å². The third kappa shape index (κ3) is 4.27. The minimum atomic E-state index is -4.50. The number of nitrogens with zero attached hydrogens (tertiary/aromatic N) is 4. The first kappa shape index (κ1) is 22.8. The quantitative estimate of drug-likeness (QED) is 0.413. The lowest BCUT2D eigenvalue weighted by molar-refractivity contribution is -0.154. The summed E-state index contributed by atoms with van der Waals surface area (Å²) in [6.07, 6.45) is -3.35. The molecular formula is C21H21F4N7O4. The van der Waals surface area contributed by atoms with E-state index in [9.17, 15) is 18.0 Å². The van der Waals surface area contributed by atoms with Crippen molar-refractivity contribution >= 4 is 23.5 Å². The maximum Gasteiger partial charge on any atom is 0.422 e. The van der Waals surface area contributed by atoms with Crippen molar-refractivity contribution in [3.8, 4) is 5.88 Å². The van der Waals surface area contributed by atoms with Gasteiger partial charge in [0, 0.05) is 17.8 Å². The Kier molecular flexibility index (Phi) is 5.21. The van der Waals surface area contributed by atoms with E-state index in [0.29, 0.717) is 17.3 Å². The van der Waals surface area contributed by atoms with E-state index in [1.54, 1.807) is 0 Å². The number of rotatable bonds is 7. The van der Waals surface area contributed by atoms with E-state index < -0.39 is 37.3 Å². The Labute approximate surface area is 200 Å². The first-order valence-corrected chi connectivity index (χ1v) is 11.3. The molecule has 1 amide bonds. The summed E-state index contributed by atoms with van der Waals surface area (Å²) >= 11 is 0. The van der Waals surface area contributed by atoms with Crippen LogP contribution in [0.25, 0.3) is 5.65 Å². The number of amides is 1. The highest BCUT2D eigenvalue weighted by molar-refractivity contribution is 5.69. The number of alkyl halides is 4. The fraction of sp³-hybridized carbons (Fsp3) is 0.524. The summed E-state index contributed by atoms with van der Waals surface area (Å²) in [6, 6.07) is 2.99. The topological polar surface area (TPSA) is 128 Å². The summed E-state index contributed by atoms with van der Waals surface area (Å²) in [5.41, 5.74) is 0.428. The van der Waals surface area contributed by atoms with Crippen LogP contribution in [0.4, 0.5) is 34.1 Å². The number of alkyl carbamates (subject to hydrolysis) is 1. The lowest BCUT2D eigenvalue weighted by Crippen LogP contribution is -2.68. The Morgan fingerprint density at radius 1 is 1.33 bits per heavy atom. The number of carbonyl (C=O) groups is 1. The number of ether oxygens (including phenoxy) is 3. The van der Waals surface area contributed by atoms with E-state index in [4.69, 9.17) is 9.47 Å². The van der Waals surface area contributed by atoms with Gasteiger partial charge in [-0.1, -0.05) is 0 Å². The molecular weight excluding hydrogens is 490 g/mol. The van der Waals surface area contributed by atoms with Crippen molar-refractivity contribution in [1.29, 1.82) is 0 Å². The summed E-state index contributed by atoms with van der Waals surface area (Å²) in [5, 5.41) is 12.5. The molecule has 36 heavy (non-hydrogen) atoms. The van der Waals surface area contributed by atoms with E-state index in [1.807, 2.05) is 0 Å². The molecule has 4 heterocycles. The molecule has 4 aliphatic rings. The van der Waals surface area contributed by atoms with E-state index >= 15 is 4.39 Å². The normalized spacial score (nSPS) is 28.9. The molecule has 192 valence electrons. The Morgan fingerprint density at radius 3 is 2.86 bits per heavy atom. The van der Waals surface area contributed by atoms with Crippen molar-refractivity contribution < 1.29 is 36.6 Å². The largest absolute Gasteiger partial charge is 0.467 e. The predicted molar refractivity (Wildman–Crippen MR) is 113 cm³/mol. The average molecular weight is 511 g/mol. The minimum Gasteiger partial charge on any atom is -0.467 e. The number of hydrogen-bond donors (Lipinski definition) is 3. The number of H-pyrrole nitrogens is 1. The van der Waals surface area contributed by atoms with Crippen molar-refractivity contribution in [2.45, 2.75) is 49.4 Å². The van der Waals surface area contributed by atoms with Crippen LogP contribution in [0, 0.1) is 5.92 Å². The van der Waals surface area contributed by atoms with Gasteiger partial charge >= 0.3 is 12.3 Å². The zero-order chi connectivity index (χ0) is 25.1. The van der Waals surface area contributed by atoms with E-state index in [-0.39, 0.29) is 29.8 Å². The van der Waals surface area contributed by atoms with E-state index in [0.717, 1.165) is 19.3 Å². The summed E-state index contributed by atoms with van der Waals surface area (Å²) in [4.78, 5) is 20.3. The fourth-order valence-electron chi connectivity index (χ4n) is 4.83. The molecule has 3 saturated carbocycles. The van der Waals surface area contributed by atoms with Crippen molar-refractivity contribution in [1.82, 2.24) is 29.9 Å². The van der Waals surface area contributed by atoms with Gasteiger partial charge in [0.25, 0.3) is 0 Å². The number of imidazole rings is 1.